The quantitative estimate of drug-likeness (QED) is 0.825. The summed E-state index contributed by atoms with van der Waals surface area (Å²) in [5, 5.41) is 10.2. The van der Waals surface area contributed by atoms with E-state index in [4.69, 9.17) is 4.74 Å². The summed E-state index contributed by atoms with van der Waals surface area (Å²) in [5.74, 6) is 1.33. The van der Waals surface area contributed by atoms with Crippen molar-refractivity contribution in [2.24, 2.45) is 5.92 Å². The van der Waals surface area contributed by atoms with Gasteiger partial charge >= 0.3 is 6.03 Å². The maximum absolute atomic E-state index is 12.0. The number of benzene rings is 1. The van der Waals surface area contributed by atoms with E-state index in [1.165, 1.54) is 5.56 Å². The smallest absolute Gasteiger partial charge is 0.319 e. The zero-order valence-electron chi connectivity index (χ0n) is 14.5. The van der Waals surface area contributed by atoms with Crippen LogP contribution in [0.5, 0.6) is 5.75 Å². The SMILES string of the molecule is COc1ccc(NC(=O)NCC2CCN(Cc3ccsc3)CC2)cc1. The number of thiophene rings is 1. The highest BCUT2D eigenvalue weighted by Gasteiger charge is 2.19. The molecule has 2 N–H and O–H groups in total. The van der Waals surface area contributed by atoms with Gasteiger partial charge in [0.25, 0.3) is 0 Å². The summed E-state index contributed by atoms with van der Waals surface area (Å²) in [5.41, 5.74) is 2.17. The number of hydrogen-bond acceptors (Lipinski definition) is 4. The monoisotopic (exact) mass is 359 g/mol. The van der Waals surface area contributed by atoms with Gasteiger partial charge in [-0.25, -0.2) is 4.79 Å². The third kappa shape index (κ3) is 5.47. The van der Waals surface area contributed by atoms with Crippen molar-refractivity contribution >= 4 is 23.1 Å². The van der Waals surface area contributed by atoms with Gasteiger partial charge in [-0.3, -0.25) is 4.90 Å². The van der Waals surface area contributed by atoms with E-state index in [-0.39, 0.29) is 6.03 Å². The summed E-state index contributed by atoms with van der Waals surface area (Å²) in [6, 6.07) is 9.38. The van der Waals surface area contributed by atoms with Crippen molar-refractivity contribution in [1.29, 1.82) is 0 Å². The first-order valence-corrected chi connectivity index (χ1v) is 9.59. The number of nitrogens with one attached hydrogen (secondary N) is 2. The number of nitrogens with zero attached hydrogens (tertiary/aromatic N) is 1. The second-order valence-electron chi connectivity index (χ2n) is 6.41. The molecule has 0 spiro atoms. The van der Waals surface area contributed by atoms with Crippen LogP contribution in [0.25, 0.3) is 0 Å². The Labute approximate surface area is 153 Å². The molecule has 1 aliphatic rings. The van der Waals surface area contributed by atoms with Gasteiger partial charge in [-0.05, 0) is 78.5 Å². The van der Waals surface area contributed by atoms with Crippen LogP contribution in [0.1, 0.15) is 18.4 Å². The minimum Gasteiger partial charge on any atom is -0.497 e. The van der Waals surface area contributed by atoms with Crippen molar-refractivity contribution in [1.82, 2.24) is 10.2 Å². The molecule has 0 aliphatic carbocycles. The topological polar surface area (TPSA) is 53.6 Å². The highest BCUT2D eigenvalue weighted by atomic mass is 32.1. The van der Waals surface area contributed by atoms with E-state index in [9.17, 15) is 4.79 Å². The molecule has 2 heterocycles. The normalized spacial score (nSPS) is 15.7. The van der Waals surface area contributed by atoms with Gasteiger partial charge in [-0.1, -0.05) is 0 Å². The van der Waals surface area contributed by atoms with Gasteiger partial charge in [0, 0.05) is 18.8 Å². The van der Waals surface area contributed by atoms with E-state index in [2.05, 4.69) is 32.4 Å². The van der Waals surface area contributed by atoms with E-state index >= 15 is 0 Å². The molecule has 0 unspecified atom stereocenters. The van der Waals surface area contributed by atoms with Crippen LogP contribution in [-0.4, -0.2) is 37.7 Å². The molecular formula is C19H25N3O2S. The number of likely N-dealkylation sites (tertiary alicyclic amines) is 1. The van der Waals surface area contributed by atoms with Crippen LogP contribution < -0.4 is 15.4 Å². The molecule has 1 aliphatic heterocycles. The fraction of sp³-hybridized carbons (Fsp3) is 0.421. The van der Waals surface area contributed by atoms with Gasteiger partial charge in [0.1, 0.15) is 5.75 Å². The average molecular weight is 359 g/mol. The van der Waals surface area contributed by atoms with Gasteiger partial charge in [0.15, 0.2) is 0 Å². The molecule has 0 saturated carbocycles. The maximum atomic E-state index is 12.0. The lowest BCUT2D eigenvalue weighted by molar-refractivity contribution is 0.176. The number of ether oxygens (including phenoxy) is 1. The molecule has 1 saturated heterocycles. The van der Waals surface area contributed by atoms with Crippen molar-refractivity contribution < 1.29 is 9.53 Å². The van der Waals surface area contributed by atoms with Crippen molar-refractivity contribution in [3.8, 4) is 5.75 Å². The van der Waals surface area contributed by atoms with Gasteiger partial charge in [-0.2, -0.15) is 11.3 Å². The number of hydrogen-bond donors (Lipinski definition) is 2. The molecular weight excluding hydrogens is 334 g/mol. The summed E-state index contributed by atoms with van der Waals surface area (Å²) >= 11 is 1.75. The summed E-state index contributed by atoms with van der Waals surface area (Å²) in [7, 11) is 1.63. The second-order valence-corrected chi connectivity index (χ2v) is 7.19. The highest BCUT2D eigenvalue weighted by molar-refractivity contribution is 7.07. The van der Waals surface area contributed by atoms with Crippen LogP contribution in [0.2, 0.25) is 0 Å². The first kappa shape index (κ1) is 17.8. The molecule has 5 nitrogen and oxygen atoms in total. The lowest BCUT2D eigenvalue weighted by Crippen LogP contribution is -2.39. The van der Waals surface area contributed by atoms with Crippen LogP contribution in [0, 0.1) is 5.92 Å². The molecule has 1 aromatic carbocycles. The molecule has 3 rings (SSSR count). The van der Waals surface area contributed by atoms with E-state index in [0.717, 1.165) is 50.5 Å². The largest absolute Gasteiger partial charge is 0.497 e. The molecule has 0 radical (unpaired) electrons. The lowest BCUT2D eigenvalue weighted by atomic mass is 9.96. The van der Waals surface area contributed by atoms with Gasteiger partial charge in [-0.15, -0.1) is 0 Å². The molecule has 2 aromatic rings. The van der Waals surface area contributed by atoms with Crippen LogP contribution in [0.4, 0.5) is 10.5 Å². The van der Waals surface area contributed by atoms with Gasteiger partial charge < -0.3 is 15.4 Å². The Kier molecular flexibility index (Phi) is 6.30. The Morgan fingerprint density at radius 3 is 2.64 bits per heavy atom. The van der Waals surface area contributed by atoms with Gasteiger partial charge in [0.05, 0.1) is 7.11 Å². The van der Waals surface area contributed by atoms with E-state index < -0.39 is 0 Å². The number of carbonyl (C=O) groups is 1. The summed E-state index contributed by atoms with van der Waals surface area (Å²) in [6.07, 6.45) is 2.26. The predicted molar refractivity (Wildman–Crippen MR) is 102 cm³/mol. The minimum atomic E-state index is -0.147. The first-order valence-electron chi connectivity index (χ1n) is 8.65. The predicted octanol–water partition coefficient (Wildman–Crippen LogP) is 3.79. The van der Waals surface area contributed by atoms with E-state index in [0.29, 0.717) is 5.92 Å². The minimum absolute atomic E-state index is 0.147. The summed E-state index contributed by atoms with van der Waals surface area (Å²) in [6.45, 7) is 3.97. The fourth-order valence-corrected chi connectivity index (χ4v) is 3.74. The maximum Gasteiger partial charge on any atom is 0.319 e. The Hall–Kier alpha value is -2.05. The van der Waals surface area contributed by atoms with Crippen LogP contribution in [-0.2, 0) is 6.54 Å². The Bertz CT molecular complexity index is 650. The lowest BCUT2D eigenvalue weighted by Gasteiger charge is -2.31. The standard InChI is InChI=1S/C19H25N3O2S/c1-24-18-4-2-17(3-5-18)21-19(23)20-12-15-6-9-22(10-7-15)13-16-8-11-25-14-16/h2-5,8,11,14-15H,6-7,9-10,12-13H2,1H3,(H2,20,21,23). The zero-order chi connectivity index (χ0) is 17.5. The number of amides is 2. The van der Waals surface area contributed by atoms with Crippen molar-refractivity contribution in [2.75, 3.05) is 32.1 Å². The van der Waals surface area contributed by atoms with Crippen LogP contribution >= 0.6 is 11.3 Å². The number of urea groups is 1. The Morgan fingerprint density at radius 1 is 1.24 bits per heavy atom. The number of carbonyl (C=O) groups excluding carboxylic acids is 1. The molecule has 0 atom stereocenters. The van der Waals surface area contributed by atoms with Crippen LogP contribution in [0.15, 0.2) is 41.1 Å². The molecule has 1 aromatic heterocycles. The van der Waals surface area contributed by atoms with Gasteiger partial charge in [0.2, 0.25) is 0 Å². The molecule has 1 fully saturated rings. The summed E-state index contributed by atoms with van der Waals surface area (Å²) in [4.78, 5) is 14.5. The summed E-state index contributed by atoms with van der Waals surface area (Å²) < 4.78 is 5.11. The molecule has 134 valence electrons. The third-order valence-electron chi connectivity index (χ3n) is 4.59. The number of piperidine rings is 1. The Morgan fingerprint density at radius 2 is 2.00 bits per heavy atom. The van der Waals surface area contributed by atoms with Crippen molar-refractivity contribution in [3.63, 3.8) is 0 Å². The zero-order valence-corrected chi connectivity index (χ0v) is 15.3. The fourth-order valence-electron chi connectivity index (χ4n) is 3.08. The van der Waals surface area contributed by atoms with E-state index in [1.807, 2.05) is 24.3 Å². The number of anilines is 1. The van der Waals surface area contributed by atoms with Crippen LogP contribution in [0.3, 0.4) is 0 Å². The molecule has 2 amide bonds. The number of methoxy groups -OCH3 is 1. The Balaban J connectivity index is 1.35. The van der Waals surface area contributed by atoms with E-state index in [1.54, 1.807) is 18.4 Å². The highest BCUT2D eigenvalue weighted by Crippen LogP contribution is 2.19. The first-order chi connectivity index (χ1) is 12.2. The molecule has 6 heteroatoms. The van der Waals surface area contributed by atoms with Crippen molar-refractivity contribution in [3.05, 3.63) is 46.7 Å². The molecule has 25 heavy (non-hydrogen) atoms. The third-order valence-corrected chi connectivity index (χ3v) is 5.32. The molecule has 0 bridgehead atoms. The number of rotatable bonds is 6. The average Bonchev–Trinajstić information content (AvgIpc) is 3.15. The van der Waals surface area contributed by atoms with Crippen molar-refractivity contribution in [2.45, 2.75) is 19.4 Å². The second kappa shape index (κ2) is 8.87.